The van der Waals surface area contributed by atoms with E-state index >= 15 is 0 Å². The monoisotopic (exact) mass is 224 g/mol. The van der Waals surface area contributed by atoms with Crippen LogP contribution in [0.15, 0.2) is 10.3 Å². The molecule has 0 radical (unpaired) electrons. The third-order valence-corrected chi connectivity index (χ3v) is 3.12. The first-order valence-electron chi connectivity index (χ1n) is 5.51. The fourth-order valence-corrected chi connectivity index (χ4v) is 2.34. The van der Waals surface area contributed by atoms with Crippen molar-refractivity contribution in [1.82, 2.24) is 0 Å². The quantitative estimate of drug-likeness (QED) is 0.408. The SMILES string of the molecule is CC(C)=NOC(=O)C12CCCC1C(C)=NO2. The van der Waals surface area contributed by atoms with E-state index in [1.54, 1.807) is 13.8 Å². The molecule has 2 unspecified atom stereocenters. The molecular formula is C11H16N2O3. The van der Waals surface area contributed by atoms with Gasteiger partial charge in [0.05, 0.1) is 17.3 Å². The first-order valence-corrected chi connectivity index (χ1v) is 5.51. The summed E-state index contributed by atoms with van der Waals surface area (Å²) in [4.78, 5) is 22.2. The third kappa shape index (κ3) is 1.60. The van der Waals surface area contributed by atoms with Gasteiger partial charge in [-0.25, -0.2) is 4.79 Å². The predicted octanol–water partition coefficient (Wildman–Crippen LogP) is 1.87. The van der Waals surface area contributed by atoms with E-state index in [0.29, 0.717) is 12.1 Å². The van der Waals surface area contributed by atoms with Gasteiger partial charge in [-0.3, -0.25) is 0 Å². The second kappa shape index (κ2) is 3.88. The molecule has 2 rings (SSSR count). The Hall–Kier alpha value is -1.39. The van der Waals surface area contributed by atoms with Gasteiger partial charge in [0.25, 0.3) is 0 Å². The van der Waals surface area contributed by atoms with Crippen LogP contribution < -0.4 is 0 Å². The Labute approximate surface area is 94.5 Å². The van der Waals surface area contributed by atoms with Crippen molar-refractivity contribution < 1.29 is 14.5 Å². The largest absolute Gasteiger partial charge is 0.381 e. The predicted molar refractivity (Wildman–Crippen MR) is 59.1 cm³/mol. The van der Waals surface area contributed by atoms with Gasteiger partial charge in [-0.15, -0.1) is 0 Å². The highest BCUT2D eigenvalue weighted by Crippen LogP contribution is 2.44. The topological polar surface area (TPSA) is 60.2 Å². The molecule has 2 atom stereocenters. The van der Waals surface area contributed by atoms with Crippen LogP contribution in [0.25, 0.3) is 0 Å². The van der Waals surface area contributed by atoms with Gasteiger partial charge in [-0.1, -0.05) is 10.3 Å². The molecule has 0 aromatic rings. The minimum Gasteiger partial charge on any atom is -0.376 e. The van der Waals surface area contributed by atoms with Crippen molar-refractivity contribution in [3.8, 4) is 0 Å². The smallest absolute Gasteiger partial charge is 0.376 e. The molecule has 0 amide bonds. The van der Waals surface area contributed by atoms with Crippen LogP contribution in [0.4, 0.5) is 0 Å². The van der Waals surface area contributed by atoms with Gasteiger partial charge >= 0.3 is 5.97 Å². The lowest BCUT2D eigenvalue weighted by molar-refractivity contribution is -0.172. The number of carbonyl (C=O) groups excluding carboxylic acids is 1. The van der Waals surface area contributed by atoms with Crippen LogP contribution in [0, 0.1) is 5.92 Å². The number of hydrogen-bond acceptors (Lipinski definition) is 5. The van der Waals surface area contributed by atoms with E-state index in [4.69, 9.17) is 9.68 Å². The molecule has 5 nitrogen and oxygen atoms in total. The fourth-order valence-electron chi connectivity index (χ4n) is 2.34. The van der Waals surface area contributed by atoms with Gasteiger partial charge in [0.15, 0.2) is 0 Å². The molecule has 1 fully saturated rings. The van der Waals surface area contributed by atoms with Crippen LogP contribution in [0.2, 0.25) is 0 Å². The molecule has 0 aromatic heterocycles. The summed E-state index contributed by atoms with van der Waals surface area (Å²) in [6.45, 7) is 5.43. The second-order valence-corrected chi connectivity index (χ2v) is 4.58. The molecule has 2 aliphatic rings. The first kappa shape index (κ1) is 11.1. The minimum absolute atomic E-state index is 0.0624. The maximum Gasteiger partial charge on any atom is 0.381 e. The maximum absolute atomic E-state index is 12.0. The molecular weight excluding hydrogens is 208 g/mol. The Morgan fingerprint density at radius 2 is 2.38 bits per heavy atom. The van der Waals surface area contributed by atoms with Gasteiger partial charge in [0, 0.05) is 6.42 Å². The molecule has 0 bridgehead atoms. The van der Waals surface area contributed by atoms with Crippen LogP contribution in [-0.2, 0) is 14.5 Å². The van der Waals surface area contributed by atoms with E-state index < -0.39 is 11.6 Å². The number of oxime groups is 2. The summed E-state index contributed by atoms with van der Waals surface area (Å²) in [7, 11) is 0. The standard InChI is InChI=1S/C11H16N2O3/c1-7(2)12-15-10(14)11-6-4-5-9(11)8(3)13-16-11/h9H,4-6H2,1-3H3. The van der Waals surface area contributed by atoms with E-state index in [-0.39, 0.29) is 5.92 Å². The van der Waals surface area contributed by atoms with Gasteiger partial charge in [0.1, 0.15) is 0 Å². The summed E-state index contributed by atoms with van der Waals surface area (Å²) in [6, 6.07) is 0. The molecule has 1 heterocycles. The van der Waals surface area contributed by atoms with E-state index in [1.807, 2.05) is 6.92 Å². The summed E-state index contributed by atoms with van der Waals surface area (Å²) in [5.74, 6) is -0.357. The van der Waals surface area contributed by atoms with E-state index in [1.165, 1.54) is 0 Å². The van der Waals surface area contributed by atoms with Crippen molar-refractivity contribution in [3.05, 3.63) is 0 Å². The molecule has 1 saturated carbocycles. The van der Waals surface area contributed by atoms with Crippen molar-refractivity contribution in [2.24, 2.45) is 16.2 Å². The molecule has 1 aliphatic heterocycles. The van der Waals surface area contributed by atoms with Crippen molar-refractivity contribution in [2.75, 3.05) is 0 Å². The third-order valence-electron chi connectivity index (χ3n) is 3.12. The summed E-state index contributed by atoms with van der Waals surface area (Å²) in [5, 5.41) is 7.59. The van der Waals surface area contributed by atoms with E-state index in [9.17, 15) is 4.79 Å². The molecule has 88 valence electrons. The fraction of sp³-hybridized carbons (Fsp3) is 0.727. The molecule has 0 aromatic carbocycles. The van der Waals surface area contributed by atoms with Gasteiger partial charge in [0.2, 0.25) is 5.60 Å². The Morgan fingerprint density at radius 1 is 1.62 bits per heavy atom. The number of rotatable bonds is 2. The minimum atomic E-state index is -0.900. The van der Waals surface area contributed by atoms with Crippen molar-refractivity contribution >= 4 is 17.4 Å². The van der Waals surface area contributed by atoms with Crippen LogP contribution >= 0.6 is 0 Å². The van der Waals surface area contributed by atoms with Gasteiger partial charge in [-0.2, -0.15) is 0 Å². The Kier molecular flexibility index (Phi) is 2.69. The Bertz CT molecular complexity index is 371. The highest BCUT2D eigenvalue weighted by Gasteiger charge is 2.58. The number of carbonyl (C=O) groups is 1. The average molecular weight is 224 g/mol. The van der Waals surface area contributed by atoms with Crippen molar-refractivity contribution in [1.29, 1.82) is 0 Å². The molecule has 5 heteroatoms. The summed E-state index contributed by atoms with van der Waals surface area (Å²) in [5.41, 5.74) is 0.685. The first-order chi connectivity index (χ1) is 7.56. The molecule has 0 saturated heterocycles. The highest BCUT2D eigenvalue weighted by atomic mass is 16.7. The second-order valence-electron chi connectivity index (χ2n) is 4.58. The number of hydrogen-bond donors (Lipinski definition) is 0. The molecule has 0 spiro atoms. The van der Waals surface area contributed by atoms with Crippen molar-refractivity contribution in [2.45, 2.75) is 45.6 Å². The zero-order chi connectivity index (χ0) is 11.8. The summed E-state index contributed by atoms with van der Waals surface area (Å²) in [6.07, 6.45) is 2.55. The van der Waals surface area contributed by atoms with Gasteiger partial charge in [-0.05, 0) is 33.6 Å². The highest BCUT2D eigenvalue weighted by molar-refractivity contribution is 5.95. The van der Waals surface area contributed by atoms with Crippen LogP contribution in [0.1, 0.15) is 40.0 Å². The molecule has 0 N–H and O–H groups in total. The van der Waals surface area contributed by atoms with E-state index in [0.717, 1.165) is 18.6 Å². The van der Waals surface area contributed by atoms with E-state index in [2.05, 4.69) is 10.3 Å². The molecule has 1 aliphatic carbocycles. The average Bonchev–Trinajstić information content (AvgIpc) is 2.77. The normalized spacial score (nSPS) is 31.4. The summed E-state index contributed by atoms with van der Waals surface area (Å²) >= 11 is 0. The van der Waals surface area contributed by atoms with Crippen LogP contribution in [-0.4, -0.2) is 23.0 Å². The summed E-state index contributed by atoms with van der Waals surface area (Å²) < 4.78 is 0. The van der Waals surface area contributed by atoms with Crippen LogP contribution in [0.5, 0.6) is 0 Å². The Balaban J connectivity index is 2.14. The van der Waals surface area contributed by atoms with Crippen LogP contribution in [0.3, 0.4) is 0 Å². The van der Waals surface area contributed by atoms with Gasteiger partial charge < -0.3 is 9.68 Å². The van der Waals surface area contributed by atoms with Crippen molar-refractivity contribution in [3.63, 3.8) is 0 Å². The maximum atomic E-state index is 12.0. The lowest BCUT2D eigenvalue weighted by atomic mass is 9.88. The lowest BCUT2D eigenvalue weighted by Crippen LogP contribution is -2.43. The zero-order valence-electron chi connectivity index (χ0n) is 9.82. The Morgan fingerprint density at radius 3 is 3.06 bits per heavy atom. The molecule has 16 heavy (non-hydrogen) atoms. The lowest BCUT2D eigenvalue weighted by Gasteiger charge is -2.22. The number of nitrogens with zero attached hydrogens (tertiary/aromatic N) is 2. The zero-order valence-corrected chi connectivity index (χ0v) is 9.82. The number of fused-ring (bicyclic) bond motifs is 1.